The normalized spacial score (nSPS) is 17.0. The second-order valence-electron chi connectivity index (χ2n) is 5.54. The molecule has 0 spiro atoms. The van der Waals surface area contributed by atoms with Crippen LogP contribution in [0.25, 0.3) is 11.6 Å². The third kappa shape index (κ3) is 3.07. The first-order valence-electron chi connectivity index (χ1n) is 6.99. The van der Waals surface area contributed by atoms with E-state index >= 15 is 0 Å². The van der Waals surface area contributed by atoms with E-state index in [2.05, 4.69) is 20.1 Å². The molecule has 1 aliphatic carbocycles. The zero-order chi connectivity index (χ0) is 14.7. The van der Waals surface area contributed by atoms with E-state index in [-0.39, 0.29) is 11.8 Å². The highest BCUT2D eigenvalue weighted by molar-refractivity contribution is 5.67. The summed E-state index contributed by atoms with van der Waals surface area (Å²) >= 11 is 0. The zero-order valence-corrected chi connectivity index (χ0v) is 11.5. The Hall–Kier alpha value is -2.31. The summed E-state index contributed by atoms with van der Waals surface area (Å²) in [5, 5.41) is 13.0. The lowest BCUT2D eigenvalue weighted by Crippen LogP contribution is -2.23. The number of carbonyl (C=O) groups is 1. The highest BCUT2D eigenvalue weighted by Crippen LogP contribution is 2.43. The van der Waals surface area contributed by atoms with Gasteiger partial charge in [-0.2, -0.15) is 4.98 Å². The van der Waals surface area contributed by atoms with Gasteiger partial charge in [0.25, 0.3) is 0 Å². The van der Waals surface area contributed by atoms with Crippen LogP contribution in [0.3, 0.4) is 0 Å². The Morgan fingerprint density at radius 2 is 1.95 bits per heavy atom. The van der Waals surface area contributed by atoms with Crippen molar-refractivity contribution in [1.29, 1.82) is 0 Å². The summed E-state index contributed by atoms with van der Waals surface area (Å²) in [5.41, 5.74) is -0.257. The molecule has 0 unspecified atom stereocenters. The summed E-state index contributed by atoms with van der Waals surface area (Å²) < 4.78 is 5.25. The van der Waals surface area contributed by atoms with Crippen molar-refractivity contribution in [3.8, 4) is 11.6 Å². The van der Waals surface area contributed by atoms with E-state index in [1.165, 1.54) is 0 Å². The van der Waals surface area contributed by atoms with E-state index in [0.717, 1.165) is 25.7 Å². The zero-order valence-electron chi connectivity index (χ0n) is 11.5. The maximum Gasteiger partial charge on any atom is 0.303 e. The number of carboxylic acids is 1. The Morgan fingerprint density at radius 3 is 2.62 bits per heavy atom. The van der Waals surface area contributed by atoms with E-state index in [1.807, 2.05) is 0 Å². The molecule has 7 heteroatoms. The number of aromatic nitrogens is 4. The molecule has 2 aromatic heterocycles. The van der Waals surface area contributed by atoms with Gasteiger partial charge in [0.05, 0.1) is 6.42 Å². The Balaban J connectivity index is 1.78. The highest BCUT2D eigenvalue weighted by atomic mass is 16.5. The molecule has 110 valence electrons. The fourth-order valence-corrected chi connectivity index (χ4v) is 3.01. The van der Waals surface area contributed by atoms with E-state index in [0.29, 0.717) is 24.0 Å². The predicted molar refractivity (Wildman–Crippen MR) is 72.2 cm³/mol. The van der Waals surface area contributed by atoms with Crippen LogP contribution in [0, 0.1) is 5.41 Å². The van der Waals surface area contributed by atoms with Crippen LogP contribution in [-0.4, -0.2) is 31.2 Å². The lowest BCUT2D eigenvalue weighted by molar-refractivity contribution is -0.139. The van der Waals surface area contributed by atoms with Crippen LogP contribution < -0.4 is 0 Å². The van der Waals surface area contributed by atoms with Gasteiger partial charge in [-0.3, -0.25) is 4.79 Å². The molecule has 0 saturated heterocycles. The van der Waals surface area contributed by atoms with Gasteiger partial charge in [-0.15, -0.1) is 0 Å². The van der Waals surface area contributed by atoms with Crippen molar-refractivity contribution in [2.45, 2.75) is 38.5 Å². The van der Waals surface area contributed by atoms with Gasteiger partial charge in [0.15, 0.2) is 0 Å². The molecule has 0 bridgehead atoms. The molecule has 1 aliphatic rings. The minimum atomic E-state index is -0.775. The van der Waals surface area contributed by atoms with Crippen LogP contribution in [0.4, 0.5) is 0 Å². The molecule has 0 atom stereocenters. The maximum absolute atomic E-state index is 11.1. The standard InChI is InChI=1S/C14H16N4O3/c19-11(20)9-14(4-1-2-5-14)8-10-17-13(18-21-10)12-15-6-3-7-16-12/h3,6-7H,1-2,4-5,8-9H2,(H,19,20). The van der Waals surface area contributed by atoms with E-state index in [4.69, 9.17) is 9.63 Å². The van der Waals surface area contributed by atoms with Crippen molar-refractivity contribution < 1.29 is 14.4 Å². The summed E-state index contributed by atoms with van der Waals surface area (Å²) in [6.45, 7) is 0. The van der Waals surface area contributed by atoms with Gasteiger partial charge in [0.1, 0.15) is 0 Å². The lowest BCUT2D eigenvalue weighted by atomic mass is 9.79. The number of rotatable bonds is 5. The summed E-state index contributed by atoms with van der Waals surface area (Å²) in [6.07, 6.45) is 7.75. The van der Waals surface area contributed by atoms with Crippen molar-refractivity contribution in [3.05, 3.63) is 24.4 Å². The molecule has 0 radical (unpaired) electrons. The van der Waals surface area contributed by atoms with Gasteiger partial charge in [-0.25, -0.2) is 9.97 Å². The minimum Gasteiger partial charge on any atom is -0.481 e. The van der Waals surface area contributed by atoms with Crippen molar-refractivity contribution in [2.75, 3.05) is 0 Å². The van der Waals surface area contributed by atoms with Gasteiger partial charge >= 0.3 is 5.97 Å². The summed E-state index contributed by atoms with van der Waals surface area (Å²) in [5.74, 6) is 0.434. The topological polar surface area (TPSA) is 102 Å². The molecular formula is C14H16N4O3. The van der Waals surface area contributed by atoms with Gasteiger partial charge < -0.3 is 9.63 Å². The molecule has 3 rings (SSSR count). The van der Waals surface area contributed by atoms with Crippen molar-refractivity contribution >= 4 is 5.97 Å². The average Bonchev–Trinajstić information content (AvgIpc) is 3.09. The number of hydrogen-bond acceptors (Lipinski definition) is 6. The average molecular weight is 288 g/mol. The van der Waals surface area contributed by atoms with Crippen LogP contribution in [0.15, 0.2) is 23.0 Å². The van der Waals surface area contributed by atoms with Crippen LogP contribution in [-0.2, 0) is 11.2 Å². The Labute approximate surface area is 121 Å². The third-order valence-corrected chi connectivity index (χ3v) is 3.95. The number of aliphatic carboxylic acids is 1. The molecule has 1 saturated carbocycles. The molecule has 1 fully saturated rings. The minimum absolute atomic E-state index is 0.145. The van der Waals surface area contributed by atoms with Crippen molar-refractivity contribution in [1.82, 2.24) is 20.1 Å². The van der Waals surface area contributed by atoms with Gasteiger partial charge in [-0.05, 0) is 24.3 Å². The molecule has 21 heavy (non-hydrogen) atoms. The predicted octanol–water partition coefficient (Wildman–Crippen LogP) is 2.10. The maximum atomic E-state index is 11.1. The third-order valence-electron chi connectivity index (χ3n) is 3.95. The largest absolute Gasteiger partial charge is 0.481 e. The molecule has 2 aromatic rings. The van der Waals surface area contributed by atoms with Crippen LogP contribution in [0.2, 0.25) is 0 Å². The first kappa shape index (κ1) is 13.7. The molecule has 1 N–H and O–H groups in total. The highest BCUT2D eigenvalue weighted by Gasteiger charge is 2.38. The SMILES string of the molecule is O=C(O)CC1(Cc2nc(-c3ncccn3)no2)CCCC1. The van der Waals surface area contributed by atoms with E-state index < -0.39 is 5.97 Å². The van der Waals surface area contributed by atoms with Crippen LogP contribution in [0.1, 0.15) is 38.0 Å². The van der Waals surface area contributed by atoms with E-state index in [9.17, 15) is 4.79 Å². The second-order valence-corrected chi connectivity index (χ2v) is 5.54. The molecule has 2 heterocycles. The van der Waals surface area contributed by atoms with Crippen LogP contribution in [0.5, 0.6) is 0 Å². The van der Waals surface area contributed by atoms with Crippen LogP contribution >= 0.6 is 0 Å². The summed E-state index contributed by atoms with van der Waals surface area (Å²) in [4.78, 5) is 23.5. The molecule has 0 amide bonds. The first-order valence-corrected chi connectivity index (χ1v) is 6.99. The number of hydrogen-bond donors (Lipinski definition) is 1. The van der Waals surface area contributed by atoms with Gasteiger partial charge in [0.2, 0.25) is 17.5 Å². The van der Waals surface area contributed by atoms with Gasteiger partial charge in [-0.1, -0.05) is 18.0 Å². The molecule has 7 nitrogen and oxygen atoms in total. The smallest absolute Gasteiger partial charge is 0.303 e. The molecule has 0 aliphatic heterocycles. The molecule has 0 aromatic carbocycles. The number of nitrogens with zero attached hydrogens (tertiary/aromatic N) is 4. The van der Waals surface area contributed by atoms with Gasteiger partial charge in [0, 0.05) is 18.8 Å². The summed E-state index contributed by atoms with van der Waals surface area (Å²) in [6, 6.07) is 1.71. The Bertz CT molecular complexity index is 620. The van der Waals surface area contributed by atoms with Crippen molar-refractivity contribution in [2.24, 2.45) is 5.41 Å². The first-order chi connectivity index (χ1) is 10.2. The Morgan fingerprint density at radius 1 is 1.24 bits per heavy atom. The quantitative estimate of drug-likeness (QED) is 0.898. The lowest BCUT2D eigenvalue weighted by Gasteiger charge is -2.24. The Kier molecular flexibility index (Phi) is 3.64. The van der Waals surface area contributed by atoms with Crippen molar-refractivity contribution in [3.63, 3.8) is 0 Å². The number of carboxylic acid groups (broad SMARTS) is 1. The molecular weight excluding hydrogens is 272 g/mol. The fraction of sp³-hybridized carbons (Fsp3) is 0.500. The monoisotopic (exact) mass is 288 g/mol. The second kappa shape index (κ2) is 5.59. The van der Waals surface area contributed by atoms with E-state index in [1.54, 1.807) is 18.5 Å². The summed E-state index contributed by atoms with van der Waals surface area (Å²) in [7, 11) is 0. The fourth-order valence-electron chi connectivity index (χ4n) is 3.01.